The quantitative estimate of drug-likeness (QED) is 0.594. The maximum Gasteiger partial charge on any atom is 0.259 e. The molecule has 3 amide bonds. The Labute approximate surface area is 132 Å². The van der Waals surface area contributed by atoms with E-state index in [4.69, 9.17) is 4.52 Å². The van der Waals surface area contributed by atoms with E-state index in [1.807, 2.05) is 12.2 Å². The van der Waals surface area contributed by atoms with E-state index in [0.717, 1.165) is 0 Å². The first kappa shape index (κ1) is 14.2. The molecule has 120 valence electrons. The lowest BCUT2D eigenvalue weighted by atomic mass is 9.85. The molecule has 0 radical (unpaired) electrons. The summed E-state index contributed by atoms with van der Waals surface area (Å²) in [5.41, 5.74) is 0.431. The fourth-order valence-corrected chi connectivity index (χ4v) is 3.64. The van der Waals surface area contributed by atoms with E-state index in [1.165, 1.54) is 11.1 Å². The topological polar surface area (TPSA) is 83.7 Å². The normalized spacial score (nSPS) is 27.3. The van der Waals surface area contributed by atoms with Crippen molar-refractivity contribution in [2.75, 3.05) is 13.1 Å². The van der Waals surface area contributed by atoms with Crippen molar-refractivity contribution in [3.8, 4) is 0 Å². The first-order valence-electron chi connectivity index (χ1n) is 7.80. The summed E-state index contributed by atoms with van der Waals surface area (Å²) < 4.78 is 4.91. The largest absolute Gasteiger partial charge is 0.361 e. The van der Waals surface area contributed by atoms with Crippen LogP contribution in [0.15, 0.2) is 22.9 Å². The number of rotatable bonds is 2. The molecule has 1 aliphatic carbocycles. The van der Waals surface area contributed by atoms with Crippen LogP contribution in [0.5, 0.6) is 0 Å². The molecule has 0 unspecified atom stereocenters. The highest BCUT2D eigenvalue weighted by Crippen LogP contribution is 2.37. The number of aromatic nitrogens is 1. The van der Waals surface area contributed by atoms with Gasteiger partial charge < -0.3 is 9.42 Å². The van der Waals surface area contributed by atoms with E-state index >= 15 is 0 Å². The molecule has 2 saturated heterocycles. The maximum absolute atomic E-state index is 12.5. The van der Waals surface area contributed by atoms with E-state index in [1.54, 1.807) is 11.8 Å². The van der Waals surface area contributed by atoms with Crippen molar-refractivity contribution >= 4 is 17.7 Å². The molecule has 0 N–H and O–H groups in total. The van der Waals surface area contributed by atoms with Gasteiger partial charge in [0.15, 0.2) is 0 Å². The van der Waals surface area contributed by atoms with Crippen molar-refractivity contribution in [2.24, 2.45) is 11.8 Å². The first-order chi connectivity index (χ1) is 11.1. The molecule has 0 saturated carbocycles. The van der Waals surface area contributed by atoms with Crippen LogP contribution < -0.4 is 0 Å². The molecule has 1 aromatic rings. The molecule has 2 atom stereocenters. The van der Waals surface area contributed by atoms with Crippen LogP contribution in [0, 0.1) is 18.8 Å². The SMILES string of the molecule is Cc1oncc1C(=O)N1CC(N2C(=O)[C@H]3CC=CC[C@H]3C2=O)C1. The molecule has 1 aromatic heterocycles. The number of likely N-dealkylation sites (tertiary alicyclic amines) is 2. The number of allylic oxidation sites excluding steroid dienone is 2. The van der Waals surface area contributed by atoms with Crippen molar-refractivity contribution in [3.05, 3.63) is 29.7 Å². The third-order valence-corrected chi connectivity index (χ3v) is 5.04. The molecule has 3 aliphatic rings. The first-order valence-corrected chi connectivity index (χ1v) is 7.80. The summed E-state index contributed by atoms with van der Waals surface area (Å²) in [5, 5.41) is 3.61. The zero-order valence-corrected chi connectivity index (χ0v) is 12.8. The molecular formula is C16H17N3O4. The number of fused-ring (bicyclic) bond motifs is 1. The highest BCUT2D eigenvalue weighted by atomic mass is 16.5. The Balaban J connectivity index is 1.44. The Bertz CT molecular complexity index is 691. The average Bonchev–Trinajstić information content (AvgIpc) is 3.03. The number of aryl methyl sites for hydroxylation is 1. The summed E-state index contributed by atoms with van der Waals surface area (Å²) in [6.07, 6.45) is 6.63. The van der Waals surface area contributed by atoms with E-state index in [0.29, 0.717) is 37.3 Å². The highest BCUT2D eigenvalue weighted by Gasteiger charge is 2.52. The van der Waals surface area contributed by atoms with E-state index in [9.17, 15) is 14.4 Å². The van der Waals surface area contributed by atoms with Gasteiger partial charge in [-0.15, -0.1) is 0 Å². The lowest BCUT2D eigenvalue weighted by Gasteiger charge is -2.43. The van der Waals surface area contributed by atoms with Crippen LogP contribution >= 0.6 is 0 Å². The minimum Gasteiger partial charge on any atom is -0.361 e. The second-order valence-electron chi connectivity index (χ2n) is 6.36. The van der Waals surface area contributed by atoms with Crippen LogP contribution in [0.4, 0.5) is 0 Å². The summed E-state index contributed by atoms with van der Waals surface area (Å²) in [5.74, 6) is -0.276. The molecule has 4 rings (SSSR count). The fraction of sp³-hybridized carbons (Fsp3) is 0.500. The molecule has 7 nitrogen and oxygen atoms in total. The zero-order chi connectivity index (χ0) is 16.1. The van der Waals surface area contributed by atoms with Crippen LogP contribution in [-0.2, 0) is 9.59 Å². The maximum atomic E-state index is 12.5. The van der Waals surface area contributed by atoms with Gasteiger partial charge in [-0.25, -0.2) is 0 Å². The fourth-order valence-electron chi connectivity index (χ4n) is 3.64. The molecular weight excluding hydrogens is 298 g/mol. The van der Waals surface area contributed by atoms with Gasteiger partial charge in [0.2, 0.25) is 11.8 Å². The summed E-state index contributed by atoms with van der Waals surface area (Å²) in [6.45, 7) is 2.45. The van der Waals surface area contributed by atoms with E-state index < -0.39 is 0 Å². The summed E-state index contributed by atoms with van der Waals surface area (Å²) >= 11 is 0. The molecule has 3 heterocycles. The minimum absolute atomic E-state index is 0.0809. The molecule has 23 heavy (non-hydrogen) atoms. The van der Waals surface area contributed by atoms with Crippen LogP contribution in [0.2, 0.25) is 0 Å². The van der Waals surface area contributed by atoms with E-state index in [-0.39, 0.29) is 35.6 Å². The molecule has 0 aromatic carbocycles. The second-order valence-corrected chi connectivity index (χ2v) is 6.36. The van der Waals surface area contributed by atoms with Gasteiger partial charge in [0.05, 0.1) is 24.1 Å². The lowest BCUT2D eigenvalue weighted by Crippen LogP contribution is -2.62. The Morgan fingerprint density at radius 2 is 1.78 bits per heavy atom. The highest BCUT2D eigenvalue weighted by molar-refractivity contribution is 6.06. The Morgan fingerprint density at radius 1 is 1.17 bits per heavy atom. The summed E-state index contributed by atoms with van der Waals surface area (Å²) in [7, 11) is 0. The number of imide groups is 1. The smallest absolute Gasteiger partial charge is 0.259 e. The molecule has 2 aliphatic heterocycles. The van der Waals surface area contributed by atoms with Crippen molar-refractivity contribution in [1.29, 1.82) is 0 Å². The summed E-state index contributed by atoms with van der Waals surface area (Å²) in [4.78, 5) is 40.3. The number of carbonyl (C=O) groups excluding carboxylic acids is 3. The van der Waals surface area contributed by atoms with Crippen molar-refractivity contribution in [1.82, 2.24) is 15.0 Å². The van der Waals surface area contributed by atoms with Gasteiger partial charge in [-0.2, -0.15) is 0 Å². The van der Waals surface area contributed by atoms with Gasteiger partial charge in [-0.3, -0.25) is 19.3 Å². The van der Waals surface area contributed by atoms with E-state index in [2.05, 4.69) is 5.16 Å². The third-order valence-electron chi connectivity index (χ3n) is 5.04. The predicted octanol–water partition coefficient (Wildman–Crippen LogP) is 0.759. The van der Waals surface area contributed by atoms with Crippen LogP contribution in [0.25, 0.3) is 0 Å². The number of amides is 3. The molecule has 0 bridgehead atoms. The van der Waals surface area contributed by atoms with Gasteiger partial charge in [-0.1, -0.05) is 17.3 Å². The predicted molar refractivity (Wildman–Crippen MR) is 78.1 cm³/mol. The van der Waals surface area contributed by atoms with Gasteiger partial charge in [0.25, 0.3) is 5.91 Å². The van der Waals surface area contributed by atoms with Crippen LogP contribution in [0.3, 0.4) is 0 Å². The zero-order valence-electron chi connectivity index (χ0n) is 12.8. The van der Waals surface area contributed by atoms with Crippen LogP contribution in [0.1, 0.15) is 29.0 Å². The van der Waals surface area contributed by atoms with Crippen LogP contribution in [-0.4, -0.2) is 51.8 Å². The molecule has 7 heteroatoms. The number of carbonyl (C=O) groups is 3. The monoisotopic (exact) mass is 315 g/mol. The number of nitrogens with zero attached hydrogens (tertiary/aromatic N) is 3. The van der Waals surface area contributed by atoms with Gasteiger partial charge in [0.1, 0.15) is 11.3 Å². The summed E-state index contributed by atoms with van der Waals surface area (Å²) in [6, 6.07) is -0.204. The standard InChI is InChI=1S/C16H17N3O4/c1-9-13(6-17-23-9)14(20)18-7-10(8-18)19-15(21)11-4-2-3-5-12(11)16(19)22/h2-3,6,10-12H,4-5,7-8H2,1H3/t11-,12+. The third kappa shape index (κ3) is 2.03. The lowest BCUT2D eigenvalue weighted by molar-refractivity contribution is -0.145. The molecule has 0 spiro atoms. The number of hydrogen-bond acceptors (Lipinski definition) is 5. The second kappa shape index (κ2) is 5.04. The van der Waals surface area contributed by atoms with Crippen molar-refractivity contribution in [2.45, 2.75) is 25.8 Å². The molecule has 2 fully saturated rings. The van der Waals surface area contributed by atoms with Gasteiger partial charge >= 0.3 is 0 Å². The minimum atomic E-state index is -0.211. The Hall–Kier alpha value is -2.44. The van der Waals surface area contributed by atoms with Crippen molar-refractivity contribution < 1.29 is 18.9 Å². The Kier molecular flexibility index (Phi) is 3.11. The number of hydrogen-bond donors (Lipinski definition) is 0. The Morgan fingerprint density at radius 3 is 2.30 bits per heavy atom. The van der Waals surface area contributed by atoms with Gasteiger partial charge in [-0.05, 0) is 19.8 Å². The average molecular weight is 315 g/mol. The van der Waals surface area contributed by atoms with Gasteiger partial charge in [0, 0.05) is 13.1 Å². The van der Waals surface area contributed by atoms with Crippen molar-refractivity contribution in [3.63, 3.8) is 0 Å².